The molecule has 2 aromatic carbocycles. The van der Waals surface area contributed by atoms with Crippen LogP contribution in [0.5, 0.6) is 0 Å². The molecule has 124 valence electrons. The summed E-state index contributed by atoms with van der Waals surface area (Å²) >= 11 is 7.14. The molecule has 0 radical (unpaired) electrons. The Labute approximate surface area is 151 Å². The maximum atomic E-state index is 13.8. The second-order valence-electron chi connectivity index (χ2n) is 5.02. The van der Waals surface area contributed by atoms with Crippen LogP contribution in [-0.2, 0) is 6.42 Å². The van der Waals surface area contributed by atoms with Crippen LogP contribution < -0.4 is 5.32 Å². The molecule has 0 unspecified atom stereocenters. The maximum Gasteiger partial charge on any atom is 0.257 e. The zero-order valence-corrected chi connectivity index (χ0v) is 14.2. The van der Waals surface area contributed by atoms with E-state index >= 15 is 0 Å². The summed E-state index contributed by atoms with van der Waals surface area (Å²) in [5, 5.41) is 20.4. The molecule has 1 heterocycles. The van der Waals surface area contributed by atoms with Gasteiger partial charge in [0.05, 0.1) is 11.6 Å². The van der Waals surface area contributed by atoms with E-state index in [-0.39, 0.29) is 12.3 Å². The Morgan fingerprint density at radius 1 is 1.24 bits per heavy atom. The number of hydrogen-bond acceptors (Lipinski definition) is 5. The maximum absolute atomic E-state index is 13.8. The lowest BCUT2D eigenvalue weighted by Gasteiger charge is -2.02. The predicted octanol–water partition coefficient (Wildman–Crippen LogP) is 4.05. The molecule has 0 saturated heterocycles. The highest BCUT2D eigenvalue weighted by Crippen LogP contribution is 2.25. The minimum absolute atomic E-state index is 0.190. The Morgan fingerprint density at radius 2 is 2.00 bits per heavy atom. The zero-order valence-electron chi connectivity index (χ0n) is 12.7. The van der Waals surface area contributed by atoms with Crippen molar-refractivity contribution in [2.24, 2.45) is 0 Å². The number of benzene rings is 2. The van der Waals surface area contributed by atoms with Crippen molar-refractivity contribution in [3.63, 3.8) is 0 Å². The van der Waals surface area contributed by atoms with E-state index in [1.54, 1.807) is 30.3 Å². The Morgan fingerprint density at radius 3 is 2.68 bits per heavy atom. The van der Waals surface area contributed by atoms with Crippen LogP contribution in [0.3, 0.4) is 0 Å². The smallest absolute Gasteiger partial charge is 0.257 e. The van der Waals surface area contributed by atoms with Crippen molar-refractivity contribution in [2.75, 3.05) is 5.32 Å². The van der Waals surface area contributed by atoms with Crippen molar-refractivity contribution in [3.8, 4) is 6.07 Å². The number of amides is 1. The molecule has 0 saturated carbocycles. The van der Waals surface area contributed by atoms with E-state index in [9.17, 15) is 9.18 Å². The number of nitriles is 1. The molecule has 3 aromatic rings. The first-order valence-electron chi connectivity index (χ1n) is 7.13. The molecule has 0 bridgehead atoms. The van der Waals surface area contributed by atoms with Gasteiger partial charge in [-0.05, 0) is 36.4 Å². The summed E-state index contributed by atoms with van der Waals surface area (Å²) in [6.07, 6.45) is 0.190. The fraction of sp³-hybridized carbons (Fsp3) is 0.0588. The van der Waals surface area contributed by atoms with Crippen LogP contribution >= 0.6 is 22.9 Å². The number of nitrogens with one attached hydrogen (secondary N) is 1. The van der Waals surface area contributed by atoms with Crippen LogP contribution in [-0.4, -0.2) is 16.1 Å². The minimum atomic E-state index is -0.411. The number of halogens is 2. The van der Waals surface area contributed by atoms with E-state index in [1.807, 2.05) is 6.07 Å². The van der Waals surface area contributed by atoms with Gasteiger partial charge in [-0.2, -0.15) is 5.26 Å². The molecule has 0 aliphatic heterocycles. The molecule has 0 spiro atoms. The summed E-state index contributed by atoms with van der Waals surface area (Å²) in [5.74, 6) is -0.776. The Bertz CT molecular complexity index is 945. The van der Waals surface area contributed by atoms with Crippen LogP contribution in [0.15, 0.2) is 42.5 Å². The molecule has 0 fully saturated rings. The van der Waals surface area contributed by atoms with Crippen LogP contribution in [0.2, 0.25) is 5.02 Å². The van der Waals surface area contributed by atoms with E-state index in [4.69, 9.17) is 16.9 Å². The molecule has 0 atom stereocenters. The number of rotatable bonds is 4. The van der Waals surface area contributed by atoms with E-state index < -0.39 is 5.82 Å². The third-order valence-electron chi connectivity index (χ3n) is 3.35. The number of anilines is 1. The van der Waals surface area contributed by atoms with Gasteiger partial charge in [0.25, 0.3) is 5.91 Å². The molecule has 1 aromatic heterocycles. The van der Waals surface area contributed by atoms with Gasteiger partial charge in [-0.3, -0.25) is 10.1 Å². The average molecular weight is 373 g/mol. The van der Waals surface area contributed by atoms with Crippen LogP contribution in [0.4, 0.5) is 9.52 Å². The summed E-state index contributed by atoms with van der Waals surface area (Å²) in [5.41, 5.74) is 1.20. The molecule has 25 heavy (non-hydrogen) atoms. The predicted molar refractivity (Wildman–Crippen MR) is 93.2 cm³/mol. The Balaban J connectivity index is 1.71. The van der Waals surface area contributed by atoms with Gasteiger partial charge < -0.3 is 0 Å². The quantitative estimate of drug-likeness (QED) is 0.749. The Hall–Kier alpha value is -2.82. The van der Waals surface area contributed by atoms with Crippen molar-refractivity contribution in [1.29, 1.82) is 5.26 Å². The Kier molecular flexibility index (Phi) is 5.03. The molecule has 1 N–H and O–H groups in total. The normalized spacial score (nSPS) is 10.3. The number of hydrogen-bond donors (Lipinski definition) is 1. The van der Waals surface area contributed by atoms with Crippen LogP contribution in [0.1, 0.15) is 26.5 Å². The van der Waals surface area contributed by atoms with Gasteiger partial charge in [0, 0.05) is 22.6 Å². The number of aromatic nitrogens is 2. The lowest BCUT2D eigenvalue weighted by atomic mass is 10.1. The molecular weight excluding hydrogens is 363 g/mol. The molecule has 0 aliphatic carbocycles. The van der Waals surface area contributed by atoms with Gasteiger partial charge >= 0.3 is 0 Å². The standard InChI is InChI=1S/C17H10ClFN4OS/c18-13-2-1-3-14(19)12(13)8-15-22-23-17(25-15)21-16(24)11-6-4-10(9-20)5-7-11/h1-7H,8H2,(H,21,23,24). The fourth-order valence-corrected chi connectivity index (χ4v) is 3.07. The number of carbonyl (C=O) groups excluding carboxylic acids is 1. The van der Waals surface area contributed by atoms with Crippen LogP contribution in [0.25, 0.3) is 0 Å². The summed E-state index contributed by atoms with van der Waals surface area (Å²) in [7, 11) is 0. The summed E-state index contributed by atoms with van der Waals surface area (Å²) in [6, 6.07) is 12.7. The first kappa shape index (κ1) is 17.0. The number of carbonyl (C=O) groups is 1. The van der Waals surface area contributed by atoms with Gasteiger partial charge in [-0.15, -0.1) is 10.2 Å². The van der Waals surface area contributed by atoms with E-state index in [1.165, 1.54) is 12.1 Å². The highest BCUT2D eigenvalue weighted by molar-refractivity contribution is 7.15. The summed E-state index contributed by atoms with van der Waals surface area (Å²) < 4.78 is 13.8. The average Bonchev–Trinajstić information content (AvgIpc) is 3.05. The van der Waals surface area contributed by atoms with Crippen molar-refractivity contribution in [2.45, 2.75) is 6.42 Å². The lowest BCUT2D eigenvalue weighted by molar-refractivity contribution is 0.102. The highest BCUT2D eigenvalue weighted by atomic mass is 35.5. The van der Waals surface area contributed by atoms with Crippen molar-refractivity contribution < 1.29 is 9.18 Å². The summed E-state index contributed by atoms with van der Waals surface area (Å²) in [6.45, 7) is 0. The molecule has 0 aliphatic rings. The first-order valence-corrected chi connectivity index (χ1v) is 8.33. The van der Waals surface area contributed by atoms with Crippen LogP contribution in [0, 0.1) is 17.1 Å². The highest BCUT2D eigenvalue weighted by Gasteiger charge is 2.13. The first-order chi connectivity index (χ1) is 12.1. The summed E-state index contributed by atoms with van der Waals surface area (Å²) in [4.78, 5) is 12.2. The molecule has 1 amide bonds. The van der Waals surface area contributed by atoms with Gasteiger partial charge in [-0.25, -0.2) is 4.39 Å². The topological polar surface area (TPSA) is 78.7 Å². The van der Waals surface area contributed by atoms with Crippen molar-refractivity contribution >= 4 is 34.0 Å². The molecule has 5 nitrogen and oxygen atoms in total. The third-order valence-corrected chi connectivity index (χ3v) is 4.55. The van der Waals surface area contributed by atoms with Gasteiger partial charge in [0.15, 0.2) is 0 Å². The number of nitrogens with zero attached hydrogens (tertiary/aromatic N) is 3. The molecule has 8 heteroatoms. The van der Waals surface area contributed by atoms with Crippen molar-refractivity contribution in [3.05, 3.63) is 75.0 Å². The zero-order chi connectivity index (χ0) is 17.8. The van der Waals surface area contributed by atoms with Gasteiger partial charge in [0.1, 0.15) is 10.8 Å². The van der Waals surface area contributed by atoms with E-state index in [2.05, 4.69) is 15.5 Å². The van der Waals surface area contributed by atoms with E-state index in [0.29, 0.717) is 31.9 Å². The largest absolute Gasteiger partial charge is 0.296 e. The van der Waals surface area contributed by atoms with E-state index in [0.717, 1.165) is 11.3 Å². The lowest BCUT2D eigenvalue weighted by Crippen LogP contribution is -2.11. The van der Waals surface area contributed by atoms with Gasteiger partial charge in [0.2, 0.25) is 5.13 Å². The third kappa shape index (κ3) is 3.99. The van der Waals surface area contributed by atoms with Crippen molar-refractivity contribution in [1.82, 2.24) is 10.2 Å². The SMILES string of the molecule is N#Cc1ccc(C(=O)Nc2nnc(Cc3c(F)cccc3Cl)s2)cc1. The molecule has 3 rings (SSSR count). The van der Waals surface area contributed by atoms with Gasteiger partial charge in [-0.1, -0.05) is 29.0 Å². The molecular formula is C17H10ClFN4OS. The minimum Gasteiger partial charge on any atom is -0.296 e. The second-order valence-corrected chi connectivity index (χ2v) is 6.49. The monoisotopic (exact) mass is 372 g/mol. The second kappa shape index (κ2) is 7.38. The fourth-order valence-electron chi connectivity index (χ4n) is 2.09.